The van der Waals surface area contributed by atoms with E-state index in [-0.39, 0.29) is 0 Å². The second kappa shape index (κ2) is 7.45. The van der Waals surface area contributed by atoms with Crippen molar-refractivity contribution < 1.29 is 0 Å². The van der Waals surface area contributed by atoms with Crippen molar-refractivity contribution in [3.63, 3.8) is 0 Å². The zero-order chi connectivity index (χ0) is 22.7. The largest absolute Gasteiger partial charge is 0.336 e. The summed E-state index contributed by atoms with van der Waals surface area (Å²) in [5.74, 6) is 0.432. The second-order valence-electron chi connectivity index (χ2n) is 9.62. The van der Waals surface area contributed by atoms with E-state index in [9.17, 15) is 0 Å². The van der Waals surface area contributed by atoms with Crippen LogP contribution in [0.4, 0.5) is 0 Å². The molecule has 162 valence electrons. The smallest absolute Gasteiger partial charge is 0.0953 e. The minimum absolute atomic E-state index is 0.319. The minimum Gasteiger partial charge on any atom is -0.336 e. The van der Waals surface area contributed by atoms with Gasteiger partial charge in [-0.05, 0) is 60.4 Å². The number of aromatic nitrogens is 2. The van der Waals surface area contributed by atoms with Crippen molar-refractivity contribution in [1.82, 2.24) is 9.55 Å². The van der Waals surface area contributed by atoms with Gasteiger partial charge in [0.1, 0.15) is 0 Å². The van der Waals surface area contributed by atoms with Gasteiger partial charge in [0, 0.05) is 33.3 Å². The standard InChI is InChI=1S/C31H28N2/c1-19(2)26-18-22(17-21-11-5-6-12-23(21)26)30-31-29(24-13-7-9-15-27(24)32-30)25-14-8-10-16-28(25)33(31)20(3)4/h5-20H,1-4H3. The summed E-state index contributed by atoms with van der Waals surface area (Å²) in [7, 11) is 0. The van der Waals surface area contributed by atoms with Crippen LogP contribution in [0.3, 0.4) is 0 Å². The Morgan fingerprint density at radius 3 is 2.12 bits per heavy atom. The summed E-state index contributed by atoms with van der Waals surface area (Å²) < 4.78 is 2.48. The van der Waals surface area contributed by atoms with Crippen LogP contribution >= 0.6 is 0 Å². The first kappa shape index (κ1) is 20.0. The highest BCUT2D eigenvalue weighted by Crippen LogP contribution is 2.42. The Bertz CT molecular complexity index is 1670. The molecule has 2 heterocycles. The number of benzene rings is 4. The van der Waals surface area contributed by atoms with Gasteiger partial charge in [-0.1, -0.05) is 74.5 Å². The SMILES string of the molecule is CC(C)c1cc(-c2nc3ccccc3c3c4ccccc4n(C(C)C)c23)cc2ccccc12. The lowest BCUT2D eigenvalue weighted by atomic mass is 9.92. The maximum absolute atomic E-state index is 5.30. The molecule has 2 heteroatoms. The van der Waals surface area contributed by atoms with Gasteiger partial charge in [0.05, 0.1) is 16.7 Å². The van der Waals surface area contributed by atoms with E-state index in [1.807, 2.05) is 0 Å². The molecule has 33 heavy (non-hydrogen) atoms. The van der Waals surface area contributed by atoms with E-state index < -0.39 is 0 Å². The molecule has 0 atom stereocenters. The molecule has 0 saturated carbocycles. The summed E-state index contributed by atoms with van der Waals surface area (Å²) in [5.41, 5.74) is 7.19. The van der Waals surface area contributed by atoms with Crippen molar-refractivity contribution in [2.45, 2.75) is 39.7 Å². The third-order valence-corrected chi connectivity index (χ3v) is 6.85. The molecular formula is C31H28N2. The molecule has 0 saturated heterocycles. The molecule has 0 unspecified atom stereocenters. The van der Waals surface area contributed by atoms with Crippen LogP contribution in [0, 0.1) is 0 Å². The lowest BCUT2D eigenvalue weighted by Gasteiger charge is -2.17. The van der Waals surface area contributed by atoms with Crippen LogP contribution in [0.2, 0.25) is 0 Å². The van der Waals surface area contributed by atoms with Gasteiger partial charge in [-0.25, -0.2) is 4.98 Å². The van der Waals surface area contributed by atoms with E-state index in [4.69, 9.17) is 4.98 Å². The fourth-order valence-electron chi connectivity index (χ4n) is 5.42. The fourth-order valence-corrected chi connectivity index (χ4v) is 5.42. The summed E-state index contributed by atoms with van der Waals surface area (Å²) in [6, 6.07) is 31.1. The number of para-hydroxylation sites is 2. The Balaban J connectivity index is 1.85. The summed E-state index contributed by atoms with van der Waals surface area (Å²) >= 11 is 0. The highest BCUT2D eigenvalue weighted by molar-refractivity contribution is 6.23. The first-order chi connectivity index (χ1) is 16.0. The van der Waals surface area contributed by atoms with Gasteiger partial charge in [0.15, 0.2) is 0 Å². The highest BCUT2D eigenvalue weighted by atomic mass is 15.0. The average molecular weight is 429 g/mol. The van der Waals surface area contributed by atoms with Crippen molar-refractivity contribution in [1.29, 1.82) is 0 Å². The van der Waals surface area contributed by atoms with E-state index in [2.05, 4.69) is 117 Å². The van der Waals surface area contributed by atoms with Crippen LogP contribution in [0.5, 0.6) is 0 Å². The Hall–Kier alpha value is -3.65. The summed E-state index contributed by atoms with van der Waals surface area (Å²) in [6.45, 7) is 9.09. The first-order valence-corrected chi connectivity index (χ1v) is 11.9. The van der Waals surface area contributed by atoms with E-state index in [1.165, 1.54) is 49.1 Å². The molecule has 0 N–H and O–H groups in total. The van der Waals surface area contributed by atoms with Gasteiger partial charge in [-0.3, -0.25) is 0 Å². The van der Waals surface area contributed by atoms with Crippen LogP contribution in [0.1, 0.15) is 45.2 Å². The molecule has 6 rings (SSSR count). The van der Waals surface area contributed by atoms with Gasteiger partial charge in [0.2, 0.25) is 0 Å². The van der Waals surface area contributed by atoms with Crippen molar-refractivity contribution in [2.24, 2.45) is 0 Å². The van der Waals surface area contributed by atoms with Crippen LogP contribution in [-0.4, -0.2) is 9.55 Å². The minimum atomic E-state index is 0.319. The van der Waals surface area contributed by atoms with Crippen LogP contribution < -0.4 is 0 Å². The Morgan fingerprint density at radius 1 is 0.697 bits per heavy atom. The number of pyridine rings is 1. The molecule has 0 aliphatic carbocycles. The molecule has 0 aliphatic heterocycles. The third-order valence-electron chi connectivity index (χ3n) is 6.85. The van der Waals surface area contributed by atoms with E-state index in [0.717, 1.165) is 11.2 Å². The molecule has 0 aliphatic rings. The zero-order valence-electron chi connectivity index (χ0n) is 19.6. The molecule has 0 spiro atoms. The molecule has 4 aromatic carbocycles. The number of hydrogen-bond donors (Lipinski definition) is 0. The molecule has 0 amide bonds. The van der Waals surface area contributed by atoms with E-state index in [0.29, 0.717) is 12.0 Å². The quantitative estimate of drug-likeness (QED) is 0.275. The molecule has 2 nitrogen and oxygen atoms in total. The summed E-state index contributed by atoms with van der Waals surface area (Å²) in [6.07, 6.45) is 0. The van der Waals surface area contributed by atoms with Gasteiger partial charge in [-0.15, -0.1) is 0 Å². The summed E-state index contributed by atoms with van der Waals surface area (Å²) in [5, 5.41) is 6.42. The van der Waals surface area contributed by atoms with Gasteiger partial charge < -0.3 is 4.57 Å². The van der Waals surface area contributed by atoms with Crippen molar-refractivity contribution >= 4 is 43.5 Å². The van der Waals surface area contributed by atoms with Gasteiger partial charge in [0.25, 0.3) is 0 Å². The number of rotatable bonds is 3. The molecule has 2 aromatic heterocycles. The van der Waals surface area contributed by atoms with Crippen LogP contribution in [0.15, 0.2) is 84.9 Å². The monoisotopic (exact) mass is 428 g/mol. The Morgan fingerprint density at radius 2 is 1.36 bits per heavy atom. The van der Waals surface area contributed by atoms with Crippen LogP contribution in [-0.2, 0) is 0 Å². The Kier molecular flexibility index (Phi) is 4.51. The first-order valence-electron chi connectivity index (χ1n) is 11.9. The molecule has 0 radical (unpaired) electrons. The van der Waals surface area contributed by atoms with Crippen LogP contribution in [0.25, 0.3) is 54.7 Å². The van der Waals surface area contributed by atoms with E-state index >= 15 is 0 Å². The van der Waals surface area contributed by atoms with Crippen molar-refractivity contribution in [2.75, 3.05) is 0 Å². The normalized spacial score (nSPS) is 12.2. The fraction of sp³-hybridized carbons (Fsp3) is 0.194. The average Bonchev–Trinajstić information content (AvgIpc) is 3.18. The third kappa shape index (κ3) is 2.97. The Labute approximate surface area is 194 Å². The molecule has 0 bridgehead atoms. The number of fused-ring (bicyclic) bond motifs is 6. The van der Waals surface area contributed by atoms with E-state index in [1.54, 1.807) is 0 Å². The summed E-state index contributed by atoms with van der Waals surface area (Å²) in [4.78, 5) is 5.30. The lowest BCUT2D eigenvalue weighted by Crippen LogP contribution is -2.02. The number of hydrogen-bond acceptors (Lipinski definition) is 1. The molecule has 0 fully saturated rings. The topological polar surface area (TPSA) is 17.8 Å². The molecular weight excluding hydrogens is 400 g/mol. The lowest BCUT2D eigenvalue weighted by molar-refractivity contribution is 0.642. The predicted molar refractivity (Wildman–Crippen MR) is 142 cm³/mol. The molecule has 6 aromatic rings. The van der Waals surface area contributed by atoms with Crippen molar-refractivity contribution in [3.05, 3.63) is 90.5 Å². The van der Waals surface area contributed by atoms with Crippen molar-refractivity contribution in [3.8, 4) is 11.3 Å². The maximum Gasteiger partial charge on any atom is 0.0953 e. The number of nitrogens with zero attached hydrogens (tertiary/aromatic N) is 2. The van der Waals surface area contributed by atoms with Gasteiger partial charge >= 0.3 is 0 Å². The van der Waals surface area contributed by atoms with Gasteiger partial charge in [-0.2, -0.15) is 0 Å². The maximum atomic E-state index is 5.30. The highest BCUT2D eigenvalue weighted by Gasteiger charge is 2.21. The second-order valence-corrected chi connectivity index (χ2v) is 9.62. The zero-order valence-corrected chi connectivity index (χ0v) is 19.6. The predicted octanol–water partition coefficient (Wildman–Crippen LogP) is 8.87.